The molecule has 1 fully saturated rings. The molecule has 20 heavy (non-hydrogen) atoms. The molecule has 3 heteroatoms. The lowest BCUT2D eigenvalue weighted by atomic mass is 9.92. The van der Waals surface area contributed by atoms with E-state index in [0.717, 1.165) is 5.75 Å². The Morgan fingerprint density at radius 2 is 2.25 bits per heavy atom. The Balaban J connectivity index is 1.67. The number of aliphatic hydroxyl groups is 1. The van der Waals surface area contributed by atoms with E-state index in [0.29, 0.717) is 24.6 Å². The lowest BCUT2D eigenvalue weighted by Crippen LogP contribution is -2.37. The van der Waals surface area contributed by atoms with Crippen LogP contribution in [-0.4, -0.2) is 30.4 Å². The third kappa shape index (κ3) is 4.80. The number of hydrogen-bond acceptors (Lipinski definition) is 3. The topological polar surface area (TPSA) is 41.5 Å². The molecule has 1 aliphatic rings. The second kappa shape index (κ2) is 6.59. The summed E-state index contributed by atoms with van der Waals surface area (Å²) in [5.41, 5.74) is 1.61. The van der Waals surface area contributed by atoms with E-state index in [9.17, 15) is 5.11 Å². The monoisotopic (exact) mass is 277 g/mol. The molecular formula is C17H27NO2. The zero-order valence-electron chi connectivity index (χ0n) is 12.9. The highest BCUT2D eigenvalue weighted by atomic mass is 16.5. The zero-order valence-corrected chi connectivity index (χ0v) is 12.9. The van der Waals surface area contributed by atoms with Gasteiger partial charge in [-0.1, -0.05) is 26.0 Å². The molecule has 1 aromatic carbocycles. The van der Waals surface area contributed by atoms with Gasteiger partial charge in [-0.2, -0.15) is 0 Å². The molecule has 0 radical (unpaired) electrons. The quantitative estimate of drug-likeness (QED) is 0.840. The number of benzene rings is 1. The smallest absolute Gasteiger partial charge is 0.119 e. The van der Waals surface area contributed by atoms with Gasteiger partial charge in [0, 0.05) is 12.6 Å². The van der Waals surface area contributed by atoms with E-state index in [1.54, 1.807) is 0 Å². The second-order valence-electron chi connectivity index (χ2n) is 6.79. The zero-order chi connectivity index (χ0) is 14.6. The van der Waals surface area contributed by atoms with Crippen molar-refractivity contribution in [2.75, 3.05) is 13.2 Å². The van der Waals surface area contributed by atoms with Gasteiger partial charge in [0.1, 0.15) is 18.5 Å². The number of aryl methyl sites for hydroxylation is 1. The van der Waals surface area contributed by atoms with Crippen molar-refractivity contribution in [1.29, 1.82) is 0 Å². The Bertz CT molecular complexity index is 431. The van der Waals surface area contributed by atoms with Crippen LogP contribution < -0.4 is 10.1 Å². The molecule has 1 aliphatic carbocycles. The van der Waals surface area contributed by atoms with E-state index in [-0.39, 0.29) is 0 Å². The van der Waals surface area contributed by atoms with Gasteiger partial charge in [0.05, 0.1) is 0 Å². The first-order chi connectivity index (χ1) is 9.44. The normalized spacial score (nSPS) is 22.7. The van der Waals surface area contributed by atoms with Crippen LogP contribution in [0.1, 0.15) is 38.7 Å². The predicted molar refractivity (Wildman–Crippen MR) is 82.1 cm³/mol. The molecule has 2 unspecified atom stereocenters. The Morgan fingerprint density at radius 3 is 2.90 bits per heavy atom. The van der Waals surface area contributed by atoms with Crippen molar-refractivity contribution in [2.45, 2.75) is 52.2 Å². The van der Waals surface area contributed by atoms with E-state index in [4.69, 9.17) is 4.74 Å². The summed E-state index contributed by atoms with van der Waals surface area (Å²) in [6.45, 7) is 7.60. The van der Waals surface area contributed by atoms with Gasteiger partial charge in [-0.15, -0.1) is 0 Å². The van der Waals surface area contributed by atoms with Gasteiger partial charge in [0.15, 0.2) is 0 Å². The van der Waals surface area contributed by atoms with Crippen LogP contribution >= 0.6 is 0 Å². The van der Waals surface area contributed by atoms with Crippen molar-refractivity contribution >= 4 is 0 Å². The lowest BCUT2D eigenvalue weighted by Gasteiger charge is -2.19. The maximum Gasteiger partial charge on any atom is 0.119 e. The molecule has 0 bridgehead atoms. The van der Waals surface area contributed by atoms with Crippen molar-refractivity contribution in [3.63, 3.8) is 0 Å². The standard InChI is InChI=1S/C17H27NO2/c1-13-5-4-6-16(9-13)20-12-15(19)11-18-14-7-8-17(2,3)10-14/h4-6,9,14-15,18-19H,7-8,10-12H2,1-3H3. The van der Waals surface area contributed by atoms with Crippen LogP contribution in [0.4, 0.5) is 0 Å². The van der Waals surface area contributed by atoms with Gasteiger partial charge in [-0.3, -0.25) is 0 Å². The average Bonchev–Trinajstić information content (AvgIpc) is 2.74. The van der Waals surface area contributed by atoms with Crippen molar-refractivity contribution in [1.82, 2.24) is 5.32 Å². The van der Waals surface area contributed by atoms with E-state index in [2.05, 4.69) is 19.2 Å². The highest BCUT2D eigenvalue weighted by Crippen LogP contribution is 2.36. The summed E-state index contributed by atoms with van der Waals surface area (Å²) >= 11 is 0. The number of ether oxygens (including phenoxy) is 1. The van der Waals surface area contributed by atoms with Crippen molar-refractivity contribution in [3.05, 3.63) is 29.8 Å². The summed E-state index contributed by atoms with van der Waals surface area (Å²) in [4.78, 5) is 0. The summed E-state index contributed by atoms with van der Waals surface area (Å²) in [6.07, 6.45) is 3.21. The van der Waals surface area contributed by atoms with Crippen molar-refractivity contribution in [3.8, 4) is 5.75 Å². The first kappa shape index (κ1) is 15.3. The van der Waals surface area contributed by atoms with Crippen molar-refractivity contribution < 1.29 is 9.84 Å². The van der Waals surface area contributed by atoms with Crippen LogP contribution in [0.25, 0.3) is 0 Å². The van der Waals surface area contributed by atoms with Gasteiger partial charge in [0.2, 0.25) is 0 Å². The summed E-state index contributed by atoms with van der Waals surface area (Å²) < 4.78 is 5.61. The Hall–Kier alpha value is -1.06. The van der Waals surface area contributed by atoms with Gasteiger partial charge in [-0.25, -0.2) is 0 Å². The number of hydrogen-bond donors (Lipinski definition) is 2. The lowest BCUT2D eigenvalue weighted by molar-refractivity contribution is 0.103. The molecule has 0 aromatic heterocycles. The summed E-state index contributed by atoms with van der Waals surface area (Å²) in [7, 11) is 0. The third-order valence-electron chi connectivity index (χ3n) is 4.04. The predicted octanol–water partition coefficient (Wildman–Crippen LogP) is 2.90. The Labute approximate surface area is 122 Å². The second-order valence-corrected chi connectivity index (χ2v) is 6.79. The fourth-order valence-corrected chi connectivity index (χ4v) is 2.87. The molecule has 2 N–H and O–H groups in total. The van der Waals surface area contributed by atoms with Crippen LogP contribution in [0.3, 0.4) is 0 Å². The first-order valence-electron chi connectivity index (χ1n) is 7.55. The number of aliphatic hydroxyl groups excluding tert-OH is 1. The third-order valence-corrected chi connectivity index (χ3v) is 4.04. The highest BCUT2D eigenvalue weighted by molar-refractivity contribution is 5.27. The molecule has 112 valence electrons. The molecule has 2 atom stereocenters. The summed E-state index contributed by atoms with van der Waals surface area (Å²) in [5.74, 6) is 0.825. The molecule has 1 saturated carbocycles. The van der Waals surface area contributed by atoms with Crippen LogP contribution in [0.15, 0.2) is 24.3 Å². The molecule has 2 rings (SSSR count). The largest absolute Gasteiger partial charge is 0.491 e. The SMILES string of the molecule is Cc1cccc(OCC(O)CNC2CCC(C)(C)C2)c1. The van der Waals surface area contributed by atoms with E-state index in [1.807, 2.05) is 31.2 Å². The fourth-order valence-electron chi connectivity index (χ4n) is 2.87. The number of rotatable bonds is 6. The molecule has 1 aromatic rings. The van der Waals surface area contributed by atoms with Crippen LogP contribution in [0.5, 0.6) is 5.75 Å². The van der Waals surface area contributed by atoms with Crippen molar-refractivity contribution in [2.24, 2.45) is 5.41 Å². The number of nitrogens with one attached hydrogen (secondary N) is 1. The van der Waals surface area contributed by atoms with Crippen LogP contribution in [0, 0.1) is 12.3 Å². The van der Waals surface area contributed by atoms with Crippen LogP contribution in [-0.2, 0) is 0 Å². The average molecular weight is 277 g/mol. The Kier molecular flexibility index (Phi) is 5.06. The minimum absolute atomic E-state index is 0.340. The van der Waals surface area contributed by atoms with Gasteiger partial charge in [-0.05, 0) is 49.3 Å². The molecule has 0 heterocycles. The molecule has 0 aliphatic heterocycles. The molecule has 0 amide bonds. The van der Waals surface area contributed by atoms with Gasteiger partial charge < -0.3 is 15.2 Å². The van der Waals surface area contributed by atoms with Gasteiger partial charge >= 0.3 is 0 Å². The minimum Gasteiger partial charge on any atom is -0.491 e. The Morgan fingerprint density at radius 1 is 1.45 bits per heavy atom. The van der Waals surface area contributed by atoms with E-state index < -0.39 is 6.10 Å². The maximum absolute atomic E-state index is 9.98. The van der Waals surface area contributed by atoms with Crippen LogP contribution in [0.2, 0.25) is 0 Å². The molecular weight excluding hydrogens is 250 g/mol. The van der Waals surface area contributed by atoms with E-state index in [1.165, 1.54) is 24.8 Å². The summed E-state index contributed by atoms with van der Waals surface area (Å²) in [6, 6.07) is 8.45. The van der Waals surface area contributed by atoms with Gasteiger partial charge in [0.25, 0.3) is 0 Å². The van der Waals surface area contributed by atoms with E-state index >= 15 is 0 Å². The maximum atomic E-state index is 9.98. The summed E-state index contributed by atoms with van der Waals surface area (Å²) in [5, 5.41) is 13.4. The molecule has 3 nitrogen and oxygen atoms in total. The molecule has 0 spiro atoms. The highest BCUT2D eigenvalue weighted by Gasteiger charge is 2.30. The molecule has 0 saturated heterocycles. The first-order valence-corrected chi connectivity index (χ1v) is 7.55. The minimum atomic E-state index is -0.459. The fraction of sp³-hybridized carbons (Fsp3) is 0.647.